The van der Waals surface area contributed by atoms with Crippen LogP contribution in [0.15, 0.2) is 47.5 Å². The third-order valence-electron chi connectivity index (χ3n) is 3.07. The lowest BCUT2D eigenvalue weighted by molar-refractivity contribution is 0.101. The van der Waals surface area contributed by atoms with Crippen molar-refractivity contribution in [1.29, 1.82) is 0 Å². The quantitative estimate of drug-likeness (QED) is 0.853. The van der Waals surface area contributed by atoms with E-state index in [1.54, 1.807) is 0 Å². The Bertz CT molecular complexity index is 715. The number of hydrogen-bond acceptors (Lipinski definition) is 3. The van der Waals surface area contributed by atoms with E-state index in [2.05, 4.69) is 4.72 Å². The Balaban J connectivity index is 2.14. The first-order chi connectivity index (χ1) is 9.40. The highest BCUT2D eigenvalue weighted by molar-refractivity contribution is 7.89. The minimum Gasteiger partial charge on any atom is -0.353 e. The molecule has 0 aliphatic heterocycles. The van der Waals surface area contributed by atoms with E-state index in [-0.39, 0.29) is 17.2 Å². The molecule has 2 rings (SSSR count). The first-order valence-electron chi connectivity index (χ1n) is 6.11. The van der Waals surface area contributed by atoms with Crippen molar-refractivity contribution in [3.05, 3.63) is 53.9 Å². The van der Waals surface area contributed by atoms with Crippen molar-refractivity contribution < 1.29 is 13.2 Å². The van der Waals surface area contributed by atoms with Crippen molar-refractivity contribution in [2.75, 3.05) is 0 Å². The molecule has 6 heteroatoms. The molecule has 0 saturated carbocycles. The molecule has 0 spiro atoms. The van der Waals surface area contributed by atoms with Crippen LogP contribution in [0.4, 0.5) is 0 Å². The first-order valence-corrected chi connectivity index (χ1v) is 7.59. The number of nitrogens with one attached hydrogen (secondary N) is 1. The number of carbonyl (C=O) groups excluding carboxylic acids is 1. The molecule has 1 heterocycles. The molecule has 0 bridgehead atoms. The standard InChI is InChI=1S/C14H16N2O3S/c1-11(17)12-5-7-14(8-6-12)20(18,19)15-10-13-4-3-9-16(13)2/h3-9,15H,10H2,1-2H3. The fourth-order valence-corrected chi connectivity index (χ4v) is 2.80. The number of carbonyl (C=O) groups is 1. The number of nitrogens with zero attached hydrogens (tertiary/aromatic N) is 1. The summed E-state index contributed by atoms with van der Waals surface area (Å²) in [7, 11) is -1.72. The molecule has 0 saturated heterocycles. The monoisotopic (exact) mass is 292 g/mol. The number of benzene rings is 1. The number of aryl methyl sites for hydroxylation is 1. The van der Waals surface area contributed by atoms with E-state index in [4.69, 9.17) is 0 Å². The zero-order chi connectivity index (χ0) is 14.8. The summed E-state index contributed by atoms with van der Waals surface area (Å²) >= 11 is 0. The van der Waals surface area contributed by atoms with Gasteiger partial charge in [-0.05, 0) is 31.2 Å². The van der Waals surface area contributed by atoms with Gasteiger partial charge in [-0.1, -0.05) is 12.1 Å². The molecule has 0 fully saturated rings. The van der Waals surface area contributed by atoms with Crippen LogP contribution in [-0.4, -0.2) is 18.8 Å². The van der Waals surface area contributed by atoms with Crippen LogP contribution in [0.3, 0.4) is 0 Å². The molecule has 0 unspecified atom stereocenters. The summed E-state index contributed by atoms with van der Waals surface area (Å²) in [5.41, 5.74) is 1.36. The highest BCUT2D eigenvalue weighted by Gasteiger charge is 2.14. The van der Waals surface area contributed by atoms with E-state index >= 15 is 0 Å². The number of ketones is 1. The van der Waals surface area contributed by atoms with Crippen LogP contribution in [0.2, 0.25) is 0 Å². The minimum absolute atomic E-state index is 0.0919. The average Bonchev–Trinajstić information content (AvgIpc) is 2.82. The van der Waals surface area contributed by atoms with Gasteiger partial charge in [-0.3, -0.25) is 4.79 Å². The SMILES string of the molecule is CC(=O)c1ccc(S(=O)(=O)NCc2cccn2C)cc1. The molecule has 0 aliphatic carbocycles. The van der Waals surface area contributed by atoms with Gasteiger partial charge in [-0.2, -0.15) is 0 Å². The summed E-state index contributed by atoms with van der Waals surface area (Å²) < 4.78 is 28.6. The lowest BCUT2D eigenvalue weighted by Crippen LogP contribution is -2.24. The van der Waals surface area contributed by atoms with Gasteiger partial charge in [-0.15, -0.1) is 0 Å². The van der Waals surface area contributed by atoms with Crippen LogP contribution in [0.5, 0.6) is 0 Å². The highest BCUT2D eigenvalue weighted by Crippen LogP contribution is 2.11. The average molecular weight is 292 g/mol. The van der Waals surface area contributed by atoms with Gasteiger partial charge in [0.05, 0.1) is 11.4 Å². The summed E-state index contributed by atoms with van der Waals surface area (Å²) in [5.74, 6) is -0.0919. The predicted molar refractivity (Wildman–Crippen MR) is 75.9 cm³/mol. The van der Waals surface area contributed by atoms with Crippen molar-refractivity contribution in [3.8, 4) is 0 Å². The zero-order valence-electron chi connectivity index (χ0n) is 11.3. The van der Waals surface area contributed by atoms with Gasteiger partial charge < -0.3 is 4.57 Å². The first kappa shape index (κ1) is 14.5. The van der Waals surface area contributed by atoms with Crippen molar-refractivity contribution in [2.45, 2.75) is 18.4 Å². The van der Waals surface area contributed by atoms with E-state index in [0.29, 0.717) is 5.56 Å². The molecule has 0 aliphatic rings. The third-order valence-corrected chi connectivity index (χ3v) is 4.48. The zero-order valence-corrected chi connectivity index (χ0v) is 12.1. The fourth-order valence-electron chi connectivity index (χ4n) is 1.80. The fraction of sp³-hybridized carbons (Fsp3) is 0.214. The molecule has 106 valence electrons. The predicted octanol–water partition coefficient (Wildman–Crippen LogP) is 1.71. The number of rotatable bonds is 5. The Morgan fingerprint density at radius 3 is 2.35 bits per heavy atom. The van der Waals surface area contributed by atoms with Gasteiger partial charge in [0.25, 0.3) is 0 Å². The maximum absolute atomic E-state index is 12.1. The summed E-state index contributed by atoms with van der Waals surface area (Å²) in [6, 6.07) is 9.60. The highest BCUT2D eigenvalue weighted by atomic mass is 32.2. The Morgan fingerprint density at radius 1 is 1.20 bits per heavy atom. The molecular formula is C14H16N2O3S. The van der Waals surface area contributed by atoms with Gasteiger partial charge in [0.15, 0.2) is 5.78 Å². The van der Waals surface area contributed by atoms with E-state index < -0.39 is 10.0 Å². The third kappa shape index (κ3) is 3.15. The molecule has 0 atom stereocenters. The maximum atomic E-state index is 12.1. The second kappa shape index (κ2) is 5.60. The molecule has 20 heavy (non-hydrogen) atoms. The van der Waals surface area contributed by atoms with Crippen LogP contribution >= 0.6 is 0 Å². The largest absolute Gasteiger partial charge is 0.353 e. The lowest BCUT2D eigenvalue weighted by atomic mass is 10.2. The van der Waals surface area contributed by atoms with Crippen LogP contribution < -0.4 is 4.72 Å². The van der Waals surface area contributed by atoms with Gasteiger partial charge >= 0.3 is 0 Å². The number of aromatic nitrogens is 1. The van der Waals surface area contributed by atoms with Crippen LogP contribution in [0.1, 0.15) is 23.0 Å². The smallest absolute Gasteiger partial charge is 0.240 e. The van der Waals surface area contributed by atoms with Crippen molar-refractivity contribution >= 4 is 15.8 Å². The lowest BCUT2D eigenvalue weighted by Gasteiger charge is -2.08. The summed E-state index contributed by atoms with van der Waals surface area (Å²) in [6.45, 7) is 1.66. The maximum Gasteiger partial charge on any atom is 0.240 e. The Labute approximate surface area is 118 Å². The molecule has 2 aromatic rings. The molecule has 5 nitrogen and oxygen atoms in total. The normalized spacial score (nSPS) is 11.5. The van der Waals surface area contributed by atoms with Gasteiger partial charge in [-0.25, -0.2) is 13.1 Å². The van der Waals surface area contributed by atoms with E-state index in [0.717, 1.165) is 5.69 Å². The van der Waals surface area contributed by atoms with Crippen LogP contribution in [-0.2, 0) is 23.6 Å². The summed E-state index contributed by atoms with van der Waals surface area (Å²) in [6.07, 6.45) is 1.85. The van der Waals surface area contributed by atoms with Crippen molar-refractivity contribution in [1.82, 2.24) is 9.29 Å². The van der Waals surface area contributed by atoms with Gasteiger partial charge in [0, 0.05) is 24.5 Å². The molecular weight excluding hydrogens is 276 g/mol. The molecule has 1 aromatic carbocycles. The van der Waals surface area contributed by atoms with E-state index in [1.165, 1.54) is 31.2 Å². The van der Waals surface area contributed by atoms with Crippen molar-refractivity contribution in [3.63, 3.8) is 0 Å². The molecule has 0 radical (unpaired) electrons. The van der Waals surface area contributed by atoms with Crippen LogP contribution in [0.25, 0.3) is 0 Å². The summed E-state index contributed by atoms with van der Waals surface area (Å²) in [5, 5.41) is 0. The number of Topliss-reactive ketones (excluding diaryl/α,β-unsaturated/α-hetero) is 1. The second-order valence-corrected chi connectivity index (χ2v) is 6.28. The van der Waals surface area contributed by atoms with Crippen molar-refractivity contribution in [2.24, 2.45) is 7.05 Å². The van der Waals surface area contributed by atoms with E-state index in [9.17, 15) is 13.2 Å². The number of sulfonamides is 1. The Kier molecular flexibility index (Phi) is 4.06. The Morgan fingerprint density at radius 2 is 1.85 bits per heavy atom. The Hall–Kier alpha value is -1.92. The topological polar surface area (TPSA) is 68.2 Å². The molecule has 1 aromatic heterocycles. The van der Waals surface area contributed by atoms with Gasteiger partial charge in [0.1, 0.15) is 0 Å². The summed E-state index contributed by atoms with van der Waals surface area (Å²) in [4.78, 5) is 11.3. The van der Waals surface area contributed by atoms with E-state index in [1.807, 2.05) is 29.9 Å². The second-order valence-electron chi connectivity index (χ2n) is 4.52. The van der Waals surface area contributed by atoms with Gasteiger partial charge in [0.2, 0.25) is 10.0 Å². The minimum atomic E-state index is -3.57. The molecule has 0 amide bonds. The molecule has 1 N–H and O–H groups in total. The van der Waals surface area contributed by atoms with Crippen LogP contribution in [0, 0.1) is 0 Å². The number of hydrogen-bond donors (Lipinski definition) is 1.